The zero-order chi connectivity index (χ0) is 20.4. The van der Waals surface area contributed by atoms with Gasteiger partial charge in [0, 0.05) is 23.1 Å². The number of hydrogen-bond donors (Lipinski definition) is 2. The number of nitrogens with one attached hydrogen (secondary N) is 2. The third-order valence-corrected chi connectivity index (χ3v) is 6.43. The van der Waals surface area contributed by atoms with Gasteiger partial charge in [0.05, 0.1) is 33.6 Å². The van der Waals surface area contributed by atoms with Gasteiger partial charge < -0.3 is 0 Å². The van der Waals surface area contributed by atoms with E-state index in [1.54, 1.807) is 0 Å². The molecule has 9 heteroatoms. The summed E-state index contributed by atoms with van der Waals surface area (Å²) in [6, 6.07) is 14.5. The van der Waals surface area contributed by atoms with Crippen molar-refractivity contribution in [3.05, 3.63) is 99.3 Å². The number of carbonyl (C=O) groups excluding carboxylic acids is 2. The van der Waals surface area contributed by atoms with E-state index in [-0.39, 0.29) is 10.6 Å². The summed E-state index contributed by atoms with van der Waals surface area (Å²) in [5.74, 6) is -0.548. The number of nitrogens with zero attached hydrogens (tertiary/aromatic N) is 1. The first-order chi connectivity index (χ1) is 14.0. The molecule has 146 valence electrons. The molecule has 0 radical (unpaired) electrons. The molecule has 0 saturated heterocycles. The highest BCUT2D eigenvalue weighted by atomic mass is 35.5. The van der Waals surface area contributed by atoms with Crippen LogP contribution < -0.4 is 9.44 Å². The van der Waals surface area contributed by atoms with Gasteiger partial charge in [-0.05, 0) is 35.9 Å². The van der Waals surface area contributed by atoms with Crippen molar-refractivity contribution in [1.29, 1.82) is 0 Å². The van der Waals surface area contributed by atoms with E-state index in [2.05, 4.69) is 33.7 Å². The van der Waals surface area contributed by atoms with Crippen LogP contribution in [0.2, 0.25) is 10.0 Å². The minimum atomic E-state index is -0.548. The summed E-state index contributed by atoms with van der Waals surface area (Å²) in [7, 11) is 0. The summed E-state index contributed by atoms with van der Waals surface area (Å²) in [5, 5.41) is 2.35. The van der Waals surface area contributed by atoms with Crippen molar-refractivity contribution >= 4 is 64.0 Å². The molecule has 29 heavy (non-hydrogen) atoms. The lowest BCUT2D eigenvalue weighted by molar-refractivity contribution is 0.0969. The molecule has 2 aliphatic heterocycles. The molecule has 2 aliphatic rings. The Balaban J connectivity index is 1.28. The van der Waals surface area contributed by atoms with E-state index in [0.717, 1.165) is 34.5 Å². The number of benzene rings is 2. The average Bonchev–Trinajstić information content (AvgIpc) is 2.73. The highest BCUT2D eigenvalue weighted by Gasteiger charge is 2.30. The molecule has 2 aromatic rings. The van der Waals surface area contributed by atoms with Crippen LogP contribution in [-0.2, 0) is 0 Å². The lowest BCUT2D eigenvalue weighted by Crippen LogP contribution is -2.31. The Kier molecular flexibility index (Phi) is 6.03. The largest absolute Gasteiger partial charge is 0.301 e. The average molecular weight is 462 g/mol. The molecule has 2 N–H and O–H groups in total. The predicted octanol–water partition coefficient (Wildman–Crippen LogP) is 5.82. The predicted molar refractivity (Wildman–Crippen MR) is 120 cm³/mol. The van der Waals surface area contributed by atoms with Gasteiger partial charge in [0.1, 0.15) is 0 Å². The van der Waals surface area contributed by atoms with Crippen LogP contribution in [-0.4, -0.2) is 15.5 Å². The third kappa shape index (κ3) is 4.39. The number of hydrogen-bond acceptors (Lipinski definition) is 6. The second-order valence-corrected chi connectivity index (χ2v) is 8.61. The number of halogens is 2. The number of allylic oxidation sites excluding steroid dienone is 4. The van der Waals surface area contributed by atoms with E-state index in [0.29, 0.717) is 5.02 Å². The standard InChI is InChI=1S/C20H13Cl2N3O2S2/c21-16-9-6-13(10-17(16)22)19(26)23-20(27)28-24-29-25-14-7-8-15(18(25)11-14)12-4-2-1-3-5-12/h1-11,24H,(H,23,26,27). The van der Waals surface area contributed by atoms with Gasteiger partial charge in [0.25, 0.3) is 5.91 Å². The van der Waals surface area contributed by atoms with Crippen molar-refractivity contribution in [2.45, 2.75) is 0 Å². The molecular weight excluding hydrogens is 449 g/mol. The molecule has 0 unspecified atom stereocenters. The first kappa shape index (κ1) is 20.1. The minimum Gasteiger partial charge on any atom is -0.282 e. The zero-order valence-electron chi connectivity index (χ0n) is 14.7. The van der Waals surface area contributed by atoms with Crippen LogP contribution in [0.3, 0.4) is 0 Å². The van der Waals surface area contributed by atoms with E-state index in [1.165, 1.54) is 30.3 Å². The van der Waals surface area contributed by atoms with E-state index in [4.69, 9.17) is 23.2 Å². The van der Waals surface area contributed by atoms with E-state index >= 15 is 0 Å². The molecule has 2 aromatic carbocycles. The molecule has 0 saturated carbocycles. The van der Waals surface area contributed by atoms with Gasteiger partial charge in [-0.15, -0.1) is 0 Å². The van der Waals surface area contributed by atoms with Crippen molar-refractivity contribution in [3.8, 4) is 0 Å². The lowest BCUT2D eigenvalue weighted by Gasteiger charge is -2.38. The monoisotopic (exact) mass is 461 g/mol. The molecule has 0 aliphatic carbocycles. The first-order valence-corrected chi connectivity index (χ1v) is 10.8. The maximum atomic E-state index is 12.1. The SMILES string of the molecule is O=C(NC(=O)c1ccc(Cl)c(Cl)c1)SNSN1c2ccc(-c3ccccc3)c1c2. The topological polar surface area (TPSA) is 61.4 Å². The van der Waals surface area contributed by atoms with Crippen LogP contribution in [0, 0.1) is 0 Å². The van der Waals surface area contributed by atoms with Crippen LogP contribution >= 0.6 is 47.3 Å². The van der Waals surface area contributed by atoms with Crippen molar-refractivity contribution in [2.24, 2.45) is 0 Å². The van der Waals surface area contributed by atoms with Crippen molar-refractivity contribution < 1.29 is 9.59 Å². The highest BCUT2D eigenvalue weighted by Crippen LogP contribution is 2.44. The maximum Gasteiger partial charge on any atom is 0.301 e. The van der Waals surface area contributed by atoms with Crippen LogP contribution in [0.5, 0.6) is 0 Å². The first-order valence-electron chi connectivity index (χ1n) is 8.42. The molecular formula is C20H13Cl2N3O2S2. The third-order valence-electron chi connectivity index (χ3n) is 4.18. The number of fused-ring (bicyclic) bond motifs is 2. The number of imide groups is 1. The van der Waals surface area contributed by atoms with Crippen LogP contribution in [0.15, 0.2) is 78.2 Å². The summed E-state index contributed by atoms with van der Waals surface area (Å²) in [5.41, 5.74) is 4.58. The second-order valence-electron chi connectivity index (χ2n) is 6.01. The Morgan fingerprint density at radius 2 is 1.76 bits per heavy atom. The number of amides is 2. The summed E-state index contributed by atoms with van der Waals surface area (Å²) >= 11 is 13.8. The molecule has 0 fully saturated rings. The highest BCUT2D eigenvalue weighted by molar-refractivity contribution is 8.20. The minimum absolute atomic E-state index is 0.251. The van der Waals surface area contributed by atoms with Gasteiger partial charge in [-0.3, -0.25) is 19.2 Å². The van der Waals surface area contributed by atoms with Crippen molar-refractivity contribution in [1.82, 2.24) is 13.7 Å². The van der Waals surface area contributed by atoms with E-state index in [9.17, 15) is 9.59 Å². The Hall–Kier alpha value is -2.16. The molecule has 2 amide bonds. The van der Waals surface area contributed by atoms with E-state index < -0.39 is 11.1 Å². The Morgan fingerprint density at radius 1 is 0.966 bits per heavy atom. The molecule has 0 aromatic heterocycles. The Labute approximate surface area is 186 Å². The molecule has 4 rings (SSSR count). The normalized spacial score (nSPS) is 14.4. The van der Waals surface area contributed by atoms with Gasteiger partial charge in [-0.1, -0.05) is 59.6 Å². The fourth-order valence-corrected chi connectivity index (χ4v) is 4.43. The fraction of sp³-hybridized carbons (Fsp3) is 0. The molecule has 0 atom stereocenters. The van der Waals surface area contributed by atoms with Gasteiger partial charge >= 0.3 is 5.24 Å². The molecule has 0 spiro atoms. The second kappa shape index (κ2) is 8.69. The van der Waals surface area contributed by atoms with Crippen LogP contribution in [0.25, 0.3) is 5.57 Å². The van der Waals surface area contributed by atoms with Crippen molar-refractivity contribution in [3.63, 3.8) is 0 Å². The number of carbonyl (C=O) groups is 2. The van der Waals surface area contributed by atoms with Crippen molar-refractivity contribution in [2.75, 3.05) is 0 Å². The lowest BCUT2D eigenvalue weighted by atomic mass is 9.94. The molecule has 2 bridgehead atoms. The molecule has 2 heterocycles. The quantitative estimate of drug-likeness (QED) is 0.546. The van der Waals surface area contributed by atoms with Gasteiger partial charge in [-0.25, -0.2) is 0 Å². The van der Waals surface area contributed by atoms with Gasteiger partial charge in [0.15, 0.2) is 0 Å². The fourth-order valence-electron chi connectivity index (χ4n) is 2.77. The Morgan fingerprint density at radius 3 is 2.48 bits per heavy atom. The van der Waals surface area contributed by atoms with Gasteiger partial charge in [0.2, 0.25) is 0 Å². The van der Waals surface area contributed by atoms with Gasteiger partial charge in [-0.2, -0.15) is 4.13 Å². The molecule has 5 nitrogen and oxygen atoms in total. The Bertz CT molecular complexity index is 1080. The maximum absolute atomic E-state index is 12.1. The smallest absolute Gasteiger partial charge is 0.282 e. The summed E-state index contributed by atoms with van der Waals surface area (Å²) in [6.07, 6.45) is 6.17. The summed E-state index contributed by atoms with van der Waals surface area (Å²) < 4.78 is 4.89. The van der Waals surface area contributed by atoms with Crippen LogP contribution in [0.4, 0.5) is 4.79 Å². The number of rotatable bonds is 5. The van der Waals surface area contributed by atoms with Crippen LogP contribution in [0.1, 0.15) is 15.9 Å². The summed E-state index contributed by atoms with van der Waals surface area (Å²) in [6.45, 7) is 0. The summed E-state index contributed by atoms with van der Waals surface area (Å²) in [4.78, 5) is 24.2. The zero-order valence-corrected chi connectivity index (χ0v) is 17.8. The van der Waals surface area contributed by atoms with E-state index in [1.807, 2.05) is 28.6 Å².